The molecule has 16 heavy (non-hydrogen) atoms. The zero-order valence-corrected chi connectivity index (χ0v) is 9.95. The third-order valence-corrected chi connectivity index (χ3v) is 3.03. The van der Waals surface area contributed by atoms with E-state index in [0.717, 1.165) is 16.3 Å². The van der Waals surface area contributed by atoms with Crippen LogP contribution < -0.4 is 5.73 Å². The van der Waals surface area contributed by atoms with Crippen molar-refractivity contribution in [2.45, 2.75) is 24.0 Å². The van der Waals surface area contributed by atoms with Gasteiger partial charge in [-0.25, -0.2) is 15.0 Å². The van der Waals surface area contributed by atoms with Gasteiger partial charge < -0.3 is 5.73 Å². The number of nitrogen functional groups attached to an aromatic ring is 1. The zero-order chi connectivity index (χ0) is 11.5. The first-order valence-electron chi connectivity index (χ1n) is 4.85. The normalized spacial score (nSPS) is 10.4. The Kier molecular flexibility index (Phi) is 3.05. The monoisotopic (exact) mass is 232 g/mol. The van der Waals surface area contributed by atoms with E-state index in [1.807, 2.05) is 26.0 Å². The summed E-state index contributed by atoms with van der Waals surface area (Å²) >= 11 is 1.38. The number of aryl methyl sites for hydroxylation is 2. The third-order valence-electron chi connectivity index (χ3n) is 2.13. The summed E-state index contributed by atoms with van der Waals surface area (Å²) in [6, 6.07) is 3.74. The van der Waals surface area contributed by atoms with E-state index in [2.05, 4.69) is 15.0 Å². The summed E-state index contributed by atoms with van der Waals surface area (Å²) in [5.41, 5.74) is 8.57. The molecule has 5 heteroatoms. The second-order valence-electron chi connectivity index (χ2n) is 3.43. The van der Waals surface area contributed by atoms with Gasteiger partial charge in [-0.3, -0.25) is 0 Å². The molecule has 0 aliphatic rings. The van der Waals surface area contributed by atoms with E-state index >= 15 is 0 Å². The smallest absolute Gasteiger partial charge is 0.194 e. The molecule has 0 bridgehead atoms. The summed E-state index contributed by atoms with van der Waals surface area (Å²) in [7, 11) is 0. The van der Waals surface area contributed by atoms with Crippen molar-refractivity contribution in [2.75, 3.05) is 5.73 Å². The largest absolute Gasteiger partial charge is 0.396 e. The van der Waals surface area contributed by atoms with Crippen LogP contribution in [0.4, 0.5) is 5.69 Å². The summed E-state index contributed by atoms with van der Waals surface area (Å²) in [5.74, 6) is 0. The number of aromatic nitrogens is 3. The first kappa shape index (κ1) is 10.9. The Morgan fingerprint density at radius 3 is 2.62 bits per heavy atom. The number of hydrogen-bond acceptors (Lipinski definition) is 5. The summed E-state index contributed by atoms with van der Waals surface area (Å²) in [5, 5.41) is 1.43. The number of hydrogen-bond donors (Lipinski definition) is 1. The van der Waals surface area contributed by atoms with E-state index in [-0.39, 0.29) is 0 Å². The molecule has 0 aromatic carbocycles. The van der Waals surface area contributed by atoms with Crippen LogP contribution >= 0.6 is 11.8 Å². The highest BCUT2D eigenvalue weighted by Gasteiger charge is 2.07. The van der Waals surface area contributed by atoms with Gasteiger partial charge in [0.25, 0.3) is 0 Å². The van der Waals surface area contributed by atoms with Crippen LogP contribution in [0.15, 0.2) is 34.7 Å². The molecule has 2 aromatic heterocycles. The molecule has 4 nitrogen and oxygen atoms in total. The highest BCUT2D eigenvalue weighted by Crippen LogP contribution is 2.29. The number of nitrogens with zero attached hydrogens (tertiary/aromatic N) is 3. The Morgan fingerprint density at radius 1 is 1.12 bits per heavy atom. The van der Waals surface area contributed by atoms with E-state index in [1.165, 1.54) is 11.8 Å². The number of pyridine rings is 1. The van der Waals surface area contributed by atoms with Crippen LogP contribution in [0, 0.1) is 13.8 Å². The van der Waals surface area contributed by atoms with Crippen molar-refractivity contribution in [3.8, 4) is 0 Å². The van der Waals surface area contributed by atoms with Gasteiger partial charge in [0.2, 0.25) is 0 Å². The molecule has 0 aliphatic carbocycles. The fourth-order valence-electron chi connectivity index (χ4n) is 1.19. The minimum absolute atomic E-state index is 0.671. The Bertz CT molecular complexity index is 513. The highest BCUT2D eigenvalue weighted by molar-refractivity contribution is 7.99. The van der Waals surface area contributed by atoms with Crippen LogP contribution in [0.2, 0.25) is 0 Å². The second-order valence-corrected chi connectivity index (χ2v) is 4.39. The van der Waals surface area contributed by atoms with Crippen LogP contribution in [0.25, 0.3) is 0 Å². The van der Waals surface area contributed by atoms with Crippen molar-refractivity contribution >= 4 is 17.4 Å². The maximum absolute atomic E-state index is 5.93. The molecule has 0 aliphatic heterocycles. The molecular weight excluding hydrogens is 220 g/mol. The lowest BCUT2D eigenvalue weighted by Gasteiger charge is -2.05. The van der Waals surface area contributed by atoms with Crippen molar-refractivity contribution in [1.29, 1.82) is 0 Å². The molecule has 0 unspecified atom stereocenters. The van der Waals surface area contributed by atoms with Gasteiger partial charge in [-0.1, -0.05) is 0 Å². The first-order chi connectivity index (χ1) is 7.66. The zero-order valence-electron chi connectivity index (χ0n) is 9.14. The summed E-state index contributed by atoms with van der Waals surface area (Å²) in [6.07, 6.45) is 3.47. The molecule has 0 atom stereocenters. The molecule has 2 rings (SSSR count). The van der Waals surface area contributed by atoms with Gasteiger partial charge in [0.15, 0.2) is 5.16 Å². The Morgan fingerprint density at radius 2 is 1.88 bits per heavy atom. The SMILES string of the molecule is Cc1ccnc(Sc2nccc(C)c2N)n1. The van der Waals surface area contributed by atoms with Crippen LogP contribution in [-0.2, 0) is 0 Å². The van der Waals surface area contributed by atoms with Crippen molar-refractivity contribution in [3.63, 3.8) is 0 Å². The van der Waals surface area contributed by atoms with Crippen LogP contribution in [0.1, 0.15) is 11.3 Å². The lowest BCUT2D eigenvalue weighted by molar-refractivity contribution is 0.928. The van der Waals surface area contributed by atoms with Crippen LogP contribution in [-0.4, -0.2) is 15.0 Å². The molecule has 0 fully saturated rings. The molecule has 0 radical (unpaired) electrons. The van der Waals surface area contributed by atoms with Crippen LogP contribution in [0.3, 0.4) is 0 Å². The predicted octanol–water partition coefficient (Wildman–Crippen LogP) is 2.22. The average Bonchev–Trinajstić information content (AvgIpc) is 2.25. The van der Waals surface area contributed by atoms with Gasteiger partial charge in [0.1, 0.15) is 5.03 Å². The molecule has 2 aromatic rings. The topological polar surface area (TPSA) is 64.7 Å². The van der Waals surface area contributed by atoms with Crippen LogP contribution in [0.5, 0.6) is 0 Å². The van der Waals surface area contributed by atoms with Gasteiger partial charge in [-0.05, 0) is 43.3 Å². The Hall–Kier alpha value is -1.62. The molecule has 0 spiro atoms. The maximum Gasteiger partial charge on any atom is 0.194 e. The summed E-state index contributed by atoms with van der Waals surface area (Å²) in [4.78, 5) is 12.7. The molecular formula is C11H12N4S. The molecule has 2 heterocycles. The van der Waals surface area contributed by atoms with Gasteiger partial charge in [0, 0.05) is 18.1 Å². The van der Waals surface area contributed by atoms with Gasteiger partial charge in [-0.2, -0.15) is 0 Å². The van der Waals surface area contributed by atoms with Crippen molar-refractivity contribution in [2.24, 2.45) is 0 Å². The Balaban J connectivity index is 2.31. The molecule has 82 valence electrons. The maximum atomic E-state index is 5.93. The number of rotatable bonds is 2. The fourth-order valence-corrected chi connectivity index (χ4v) is 2.05. The molecule has 0 amide bonds. The standard InChI is InChI=1S/C11H12N4S/c1-7-3-5-13-10(9(7)12)16-11-14-6-4-8(2)15-11/h3-6H,12H2,1-2H3. The van der Waals surface area contributed by atoms with Gasteiger partial charge in [-0.15, -0.1) is 0 Å². The van der Waals surface area contributed by atoms with Gasteiger partial charge in [0.05, 0.1) is 5.69 Å². The predicted molar refractivity (Wildman–Crippen MR) is 64.3 cm³/mol. The minimum atomic E-state index is 0.671. The van der Waals surface area contributed by atoms with E-state index in [0.29, 0.717) is 10.8 Å². The van der Waals surface area contributed by atoms with Crippen molar-refractivity contribution in [3.05, 3.63) is 35.8 Å². The Labute approximate surface area is 98.3 Å². The number of anilines is 1. The van der Waals surface area contributed by atoms with Gasteiger partial charge >= 0.3 is 0 Å². The third kappa shape index (κ3) is 2.30. The second kappa shape index (κ2) is 4.49. The van der Waals surface area contributed by atoms with E-state index in [4.69, 9.17) is 5.73 Å². The lowest BCUT2D eigenvalue weighted by atomic mass is 10.3. The first-order valence-corrected chi connectivity index (χ1v) is 5.67. The minimum Gasteiger partial charge on any atom is -0.396 e. The summed E-state index contributed by atoms with van der Waals surface area (Å²) < 4.78 is 0. The highest BCUT2D eigenvalue weighted by atomic mass is 32.2. The fraction of sp³-hybridized carbons (Fsp3) is 0.182. The molecule has 2 N–H and O–H groups in total. The lowest BCUT2D eigenvalue weighted by Crippen LogP contribution is -1.96. The van der Waals surface area contributed by atoms with E-state index < -0.39 is 0 Å². The molecule has 0 saturated carbocycles. The number of nitrogens with two attached hydrogens (primary N) is 1. The molecule has 0 saturated heterocycles. The summed E-state index contributed by atoms with van der Waals surface area (Å²) in [6.45, 7) is 3.89. The van der Waals surface area contributed by atoms with E-state index in [1.54, 1.807) is 12.4 Å². The quantitative estimate of drug-likeness (QED) is 0.804. The van der Waals surface area contributed by atoms with Crippen molar-refractivity contribution < 1.29 is 0 Å². The van der Waals surface area contributed by atoms with E-state index in [9.17, 15) is 0 Å². The van der Waals surface area contributed by atoms with Crippen molar-refractivity contribution in [1.82, 2.24) is 15.0 Å². The average molecular weight is 232 g/mol.